The Hall–Kier alpha value is -2.28. The molecule has 0 aliphatic rings. The van der Waals surface area contributed by atoms with Crippen LogP contribution in [0.4, 0.5) is 5.69 Å². The molecule has 0 saturated carbocycles. The molecule has 0 aromatic carbocycles. The molecule has 0 atom stereocenters. The van der Waals surface area contributed by atoms with Crippen molar-refractivity contribution in [2.24, 2.45) is 5.73 Å². The molecule has 2 heterocycles. The predicted octanol–water partition coefficient (Wildman–Crippen LogP) is 0.193. The van der Waals surface area contributed by atoms with E-state index in [2.05, 4.69) is 20.6 Å². The molecule has 7 heteroatoms. The second kappa shape index (κ2) is 5.37. The maximum Gasteiger partial charge on any atom is 0.277 e. The third-order valence-electron chi connectivity index (χ3n) is 2.28. The Morgan fingerprint density at radius 2 is 2.39 bits per heavy atom. The quantitative estimate of drug-likeness (QED) is 0.802. The van der Waals surface area contributed by atoms with Crippen LogP contribution in [0.3, 0.4) is 0 Å². The van der Waals surface area contributed by atoms with Crippen LogP contribution >= 0.6 is 0 Å². The molecule has 94 valence electrons. The van der Waals surface area contributed by atoms with Gasteiger partial charge in [0.05, 0.1) is 12.7 Å². The van der Waals surface area contributed by atoms with E-state index in [0.29, 0.717) is 18.8 Å². The summed E-state index contributed by atoms with van der Waals surface area (Å²) in [5.74, 6) is -0.302. The van der Waals surface area contributed by atoms with Gasteiger partial charge in [-0.05, 0) is 19.1 Å². The topological polar surface area (TPSA) is 98.7 Å². The molecule has 0 bridgehead atoms. The van der Waals surface area contributed by atoms with Crippen LogP contribution in [-0.4, -0.2) is 32.4 Å². The van der Waals surface area contributed by atoms with Gasteiger partial charge in [-0.25, -0.2) is 0 Å². The van der Waals surface area contributed by atoms with Gasteiger partial charge < -0.3 is 11.1 Å². The Bertz CT molecular complexity index is 550. The number of carbonyl (C=O) groups excluding carboxylic acids is 1. The van der Waals surface area contributed by atoms with E-state index >= 15 is 0 Å². The van der Waals surface area contributed by atoms with E-state index in [0.717, 1.165) is 5.69 Å². The second-order valence-corrected chi connectivity index (χ2v) is 3.80. The predicted molar refractivity (Wildman–Crippen MR) is 66.0 cm³/mol. The Balaban J connectivity index is 2.07. The van der Waals surface area contributed by atoms with Gasteiger partial charge in [0.25, 0.3) is 5.91 Å². The minimum Gasteiger partial charge on any atom is -0.329 e. The zero-order valence-corrected chi connectivity index (χ0v) is 10.00. The highest BCUT2D eigenvalue weighted by Gasteiger charge is 2.10. The summed E-state index contributed by atoms with van der Waals surface area (Å²) in [6.45, 7) is 2.84. The van der Waals surface area contributed by atoms with E-state index in [1.54, 1.807) is 24.5 Å². The Kier molecular flexibility index (Phi) is 3.63. The largest absolute Gasteiger partial charge is 0.329 e. The highest BCUT2D eigenvalue weighted by molar-refractivity contribution is 6.02. The summed E-state index contributed by atoms with van der Waals surface area (Å²) in [4.78, 5) is 15.9. The van der Waals surface area contributed by atoms with Crippen LogP contribution in [0, 0.1) is 6.92 Å². The van der Waals surface area contributed by atoms with Crippen molar-refractivity contribution in [3.63, 3.8) is 0 Å². The fraction of sp³-hybridized carbons (Fsp3) is 0.273. The lowest BCUT2D eigenvalue weighted by Gasteiger charge is -2.02. The standard InChI is InChI=1S/C11H14N6O/c1-8-6-9(2-4-13-8)14-11(18)10-7-17(5-3-12)16-15-10/h2,4,6-7H,3,5,12H2,1H3,(H,13,14,18). The Morgan fingerprint density at radius 3 is 3.11 bits per heavy atom. The molecule has 0 fully saturated rings. The number of aromatic nitrogens is 4. The van der Waals surface area contributed by atoms with Crippen LogP contribution in [-0.2, 0) is 6.54 Å². The van der Waals surface area contributed by atoms with Crippen LogP contribution in [0.15, 0.2) is 24.5 Å². The zero-order valence-electron chi connectivity index (χ0n) is 10.00. The number of rotatable bonds is 4. The molecule has 1 amide bonds. The first kappa shape index (κ1) is 12.2. The number of aryl methyl sites for hydroxylation is 1. The highest BCUT2D eigenvalue weighted by atomic mass is 16.2. The zero-order chi connectivity index (χ0) is 13.0. The molecule has 0 radical (unpaired) electrons. The maximum absolute atomic E-state index is 11.9. The number of hydrogen-bond donors (Lipinski definition) is 2. The number of nitrogens with one attached hydrogen (secondary N) is 1. The minimum absolute atomic E-state index is 0.262. The van der Waals surface area contributed by atoms with E-state index in [-0.39, 0.29) is 11.6 Å². The molecular formula is C11H14N6O. The average Bonchev–Trinajstić information content (AvgIpc) is 2.78. The van der Waals surface area contributed by atoms with Crippen molar-refractivity contribution in [3.05, 3.63) is 35.9 Å². The van der Waals surface area contributed by atoms with Crippen molar-refractivity contribution in [2.75, 3.05) is 11.9 Å². The number of pyridine rings is 1. The van der Waals surface area contributed by atoms with Crippen LogP contribution in [0.2, 0.25) is 0 Å². The van der Waals surface area contributed by atoms with E-state index in [9.17, 15) is 4.79 Å². The highest BCUT2D eigenvalue weighted by Crippen LogP contribution is 2.08. The van der Waals surface area contributed by atoms with Crippen molar-refractivity contribution >= 4 is 11.6 Å². The number of carbonyl (C=O) groups is 1. The summed E-state index contributed by atoms with van der Waals surface area (Å²) in [6, 6.07) is 3.50. The van der Waals surface area contributed by atoms with Crippen molar-refractivity contribution < 1.29 is 4.79 Å². The van der Waals surface area contributed by atoms with E-state index < -0.39 is 0 Å². The molecule has 0 aliphatic heterocycles. The van der Waals surface area contributed by atoms with Crippen LogP contribution in [0.5, 0.6) is 0 Å². The van der Waals surface area contributed by atoms with Crippen molar-refractivity contribution in [3.8, 4) is 0 Å². The van der Waals surface area contributed by atoms with Crippen molar-refractivity contribution in [1.82, 2.24) is 20.0 Å². The maximum atomic E-state index is 11.9. The lowest BCUT2D eigenvalue weighted by Crippen LogP contribution is -2.13. The number of hydrogen-bond acceptors (Lipinski definition) is 5. The minimum atomic E-state index is -0.302. The number of nitrogens with two attached hydrogens (primary N) is 1. The van der Waals surface area contributed by atoms with Crippen LogP contribution < -0.4 is 11.1 Å². The second-order valence-electron chi connectivity index (χ2n) is 3.80. The van der Waals surface area contributed by atoms with Gasteiger partial charge in [0.15, 0.2) is 5.69 Å². The number of nitrogens with zero attached hydrogens (tertiary/aromatic N) is 4. The molecule has 3 N–H and O–H groups in total. The van der Waals surface area contributed by atoms with E-state index in [1.165, 1.54) is 4.68 Å². The van der Waals surface area contributed by atoms with E-state index in [1.807, 2.05) is 6.92 Å². The van der Waals surface area contributed by atoms with Gasteiger partial charge in [0.2, 0.25) is 0 Å². The fourth-order valence-electron chi connectivity index (χ4n) is 1.46. The van der Waals surface area contributed by atoms with Gasteiger partial charge >= 0.3 is 0 Å². The van der Waals surface area contributed by atoms with Crippen LogP contribution in [0.1, 0.15) is 16.2 Å². The van der Waals surface area contributed by atoms with Crippen molar-refractivity contribution in [2.45, 2.75) is 13.5 Å². The molecule has 0 aliphatic carbocycles. The first-order valence-corrected chi connectivity index (χ1v) is 5.53. The van der Waals surface area contributed by atoms with Gasteiger partial charge in [0, 0.05) is 24.1 Å². The molecule has 2 aromatic heterocycles. The third kappa shape index (κ3) is 2.89. The van der Waals surface area contributed by atoms with Crippen LogP contribution in [0.25, 0.3) is 0 Å². The summed E-state index contributed by atoms with van der Waals surface area (Å²) in [5, 5.41) is 10.3. The molecule has 2 aromatic rings. The smallest absolute Gasteiger partial charge is 0.277 e. The lowest BCUT2D eigenvalue weighted by molar-refractivity contribution is 0.102. The summed E-state index contributed by atoms with van der Waals surface area (Å²) in [7, 11) is 0. The SMILES string of the molecule is Cc1cc(NC(=O)c2cn(CCN)nn2)ccn1. The monoisotopic (exact) mass is 246 g/mol. The summed E-state index contributed by atoms with van der Waals surface area (Å²) in [5.41, 5.74) is 7.17. The van der Waals surface area contributed by atoms with Gasteiger partial charge in [-0.2, -0.15) is 0 Å². The molecule has 0 unspecified atom stereocenters. The molecule has 2 rings (SSSR count). The summed E-state index contributed by atoms with van der Waals surface area (Å²) < 4.78 is 1.53. The summed E-state index contributed by atoms with van der Waals surface area (Å²) >= 11 is 0. The van der Waals surface area contributed by atoms with Gasteiger partial charge in [-0.15, -0.1) is 5.10 Å². The third-order valence-corrected chi connectivity index (χ3v) is 2.28. The molecular weight excluding hydrogens is 232 g/mol. The van der Waals surface area contributed by atoms with E-state index in [4.69, 9.17) is 5.73 Å². The molecule has 0 spiro atoms. The Labute approximate surface area is 104 Å². The van der Waals surface area contributed by atoms with Crippen molar-refractivity contribution in [1.29, 1.82) is 0 Å². The normalized spacial score (nSPS) is 10.3. The van der Waals surface area contributed by atoms with Gasteiger partial charge in [0.1, 0.15) is 0 Å². The number of anilines is 1. The Morgan fingerprint density at radius 1 is 1.56 bits per heavy atom. The average molecular weight is 246 g/mol. The first-order valence-electron chi connectivity index (χ1n) is 5.53. The number of amides is 1. The fourth-order valence-corrected chi connectivity index (χ4v) is 1.46. The molecule has 18 heavy (non-hydrogen) atoms. The first-order chi connectivity index (χ1) is 8.69. The molecule has 7 nitrogen and oxygen atoms in total. The molecule has 0 saturated heterocycles. The van der Waals surface area contributed by atoms with Gasteiger partial charge in [-0.3, -0.25) is 14.5 Å². The summed E-state index contributed by atoms with van der Waals surface area (Å²) in [6.07, 6.45) is 3.20. The lowest BCUT2D eigenvalue weighted by atomic mass is 10.3. The van der Waals surface area contributed by atoms with Gasteiger partial charge in [-0.1, -0.05) is 5.21 Å².